The molecule has 0 aromatic heterocycles. The molecule has 0 saturated carbocycles. The topological polar surface area (TPSA) is 86.8 Å². The summed E-state index contributed by atoms with van der Waals surface area (Å²) in [6.07, 6.45) is 1.10. The van der Waals surface area contributed by atoms with Crippen LogP contribution in [0.25, 0.3) is 0 Å². The van der Waals surface area contributed by atoms with E-state index in [-0.39, 0.29) is 17.7 Å². The molecule has 2 rings (SSSR count). The number of hydrogen-bond acceptors (Lipinski definition) is 4. The predicted molar refractivity (Wildman–Crippen MR) is 103 cm³/mol. The van der Waals surface area contributed by atoms with Crippen LogP contribution in [0.15, 0.2) is 29.2 Å². The van der Waals surface area contributed by atoms with E-state index in [1.54, 1.807) is 9.80 Å². The SMILES string of the molecule is CCN(CC)C(=O)C1CCN(C(=O)[C@H](C)NS(=O)(=O)c2ccccc2F)CC1. The standard InChI is InChI=1S/C19H28FN3O4S/c1-4-22(5-2)19(25)15-10-12-23(13-11-15)18(24)14(3)21-28(26,27)17-9-7-6-8-16(17)20/h6-9,14-15,21H,4-5,10-13H2,1-3H3/t14-/m0/s1. The Morgan fingerprint density at radius 3 is 2.32 bits per heavy atom. The minimum absolute atomic E-state index is 0.102. The molecule has 0 spiro atoms. The Kier molecular flexibility index (Phi) is 7.54. The number of piperidine rings is 1. The van der Waals surface area contributed by atoms with Crippen LogP contribution in [0.4, 0.5) is 4.39 Å². The van der Waals surface area contributed by atoms with Crippen molar-refractivity contribution in [2.45, 2.75) is 44.6 Å². The second-order valence-corrected chi connectivity index (χ2v) is 8.57. The van der Waals surface area contributed by atoms with Gasteiger partial charge in [0.1, 0.15) is 10.7 Å². The first-order valence-electron chi connectivity index (χ1n) is 9.55. The molecule has 0 aliphatic carbocycles. The molecule has 1 fully saturated rings. The van der Waals surface area contributed by atoms with Gasteiger partial charge in [-0.2, -0.15) is 4.72 Å². The third-order valence-corrected chi connectivity index (χ3v) is 6.63. The van der Waals surface area contributed by atoms with Crippen LogP contribution in [0.2, 0.25) is 0 Å². The molecular weight excluding hydrogens is 385 g/mol. The zero-order chi connectivity index (χ0) is 20.9. The fourth-order valence-electron chi connectivity index (χ4n) is 3.42. The lowest BCUT2D eigenvalue weighted by Gasteiger charge is -2.35. The lowest BCUT2D eigenvalue weighted by atomic mass is 9.95. The minimum atomic E-state index is -4.15. The zero-order valence-electron chi connectivity index (χ0n) is 16.5. The summed E-state index contributed by atoms with van der Waals surface area (Å²) in [6.45, 7) is 7.40. The number of carbonyl (C=O) groups excluding carboxylic acids is 2. The fourth-order valence-corrected chi connectivity index (χ4v) is 4.70. The minimum Gasteiger partial charge on any atom is -0.343 e. The Hall–Kier alpha value is -2.00. The predicted octanol–water partition coefficient (Wildman–Crippen LogP) is 1.60. The lowest BCUT2D eigenvalue weighted by molar-refractivity contribution is -0.141. The Labute approximate surface area is 165 Å². The number of nitrogens with one attached hydrogen (secondary N) is 1. The van der Waals surface area contributed by atoms with Crippen molar-refractivity contribution in [2.24, 2.45) is 5.92 Å². The van der Waals surface area contributed by atoms with Crippen LogP contribution in [-0.2, 0) is 19.6 Å². The van der Waals surface area contributed by atoms with Crippen molar-refractivity contribution < 1.29 is 22.4 Å². The van der Waals surface area contributed by atoms with Gasteiger partial charge in [0, 0.05) is 32.1 Å². The van der Waals surface area contributed by atoms with Gasteiger partial charge in [0.15, 0.2) is 0 Å². The van der Waals surface area contributed by atoms with Crippen molar-refractivity contribution >= 4 is 21.8 Å². The molecule has 28 heavy (non-hydrogen) atoms. The summed E-state index contributed by atoms with van der Waals surface area (Å²) < 4.78 is 40.8. The molecule has 156 valence electrons. The molecule has 0 unspecified atom stereocenters. The molecule has 7 nitrogen and oxygen atoms in total. The second kappa shape index (κ2) is 9.47. The summed E-state index contributed by atoms with van der Waals surface area (Å²) in [5.74, 6) is -1.27. The first kappa shape index (κ1) is 22.3. The van der Waals surface area contributed by atoms with Crippen LogP contribution >= 0.6 is 0 Å². The van der Waals surface area contributed by atoms with Crippen molar-refractivity contribution in [1.29, 1.82) is 0 Å². The van der Waals surface area contributed by atoms with Gasteiger partial charge in [0.2, 0.25) is 21.8 Å². The molecule has 2 amide bonds. The van der Waals surface area contributed by atoms with E-state index >= 15 is 0 Å². The number of halogens is 1. The fraction of sp³-hybridized carbons (Fsp3) is 0.579. The first-order chi connectivity index (χ1) is 13.2. The lowest BCUT2D eigenvalue weighted by Crippen LogP contribution is -2.50. The summed E-state index contributed by atoms with van der Waals surface area (Å²) in [5, 5.41) is 0. The average molecular weight is 414 g/mol. The number of amides is 2. The van der Waals surface area contributed by atoms with Gasteiger partial charge in [-0.05, 0) is 45.7 Å². The van der Waals surface area contributed by atoms with E-state index in [4.69, 9.17) is 0 Å². The summed E-state index contributed by atoms with van der Waals surface area (Å²) in [4.78, 5) is 27.9. The monoisotopic (exact) mass is 413 g/mol. The van der Waals surface area contributed by atoms with Crippen molar-refractivity contribution in [3.05, 3.63) is 30.1 Å². The number of nitrogens with zero attached hydrogens (tertiary/aromatic N) is 2. The summed E-state index contributed by atoms with van der Waals surface area (Å²) in [6, 6.07) is 3.99. The third kappa shape index (κ3) is 5.08. The maximum absolute atomic E-state index is 13.8. The smallest absolute Gasteiger partial charge is 0.244 e. The largest absolute Gasteiger partial charge is 0.343 e. The Bertz CT molecular complexity index is 803. The molecule has 0 bridgehead atoms. The molecule has 1 aromatic carbocycles. The van der Waals surface area contributed by atoms with E-state index in [1.807, 2.05) is 13.8 Å². The number of hydrogen-bond donors (Lipinski definition) is 1. The van der Waals surface area contributed by atoms with Crippen LogP contribution in [0.1, 0.15) is 33.6 Å². The highest BCUT2D eigenvalue weighted by molar-refractivity contribution is 7.89. The normalized spacial score (nSPS) is 16.6. The maximum Gasteiger partial charge on any atom is 0.244 e. The van der Waals surface area contributed by atoms with Crippen LogP contribution in [0.5, 0.6) is 0 Å². The van der Waals surface area contributed by atoms with Crippen LogP contribution < -0.4 is 4.72 Å². The Balaban J connectivity index is 1.96. The number of benzene rings is 1. The maximum atomic E-state index is 13.8. The van der Waals surface area contributed by atoms with Crippen molar-refractivity contribution in [3.8, 4) is 0 Å². The highest BCUT2D eigenvalue weighted by Gasteiger charge is 2.32. The third-order valence-electron chi connectivity index (χ3n) is 5.06. The Morgan fingerprint density at radius 1 is 1.21 bits per heavy atom. The molecule has 1 aliphatic rings. The van der Waals surface area contributed by atoms with Crippen molar-refractivity contribution in [1.82, 2.24) is 14.5 Å². The van der Waals surface area contributed by atoms with Gasteiger partial charge in [-0.25, -0.2) is 12.8 Å². The van der Waals surface area contributed by atoms with Gasteiger partial charge in [-0.3, -0.25) is 9.59 Å². The average Bonchev–Trinajstić information content (AvgIpc) is 2.68. The van der Waals surface area contributed by atoms with Gasteiger partial charge >= 0.3 is 0 Å². The Morgan fingerprint density at radius 2 is 1.79 bits per heavy atom. The molecule has 1 heterocycles. The molecule has 1 saturated heterocycles. The molecular formula is C19H28FN3O4S. The van der Waals surface area contributed by atoms with E-state index in [2.05, 4.69) is 4.72 Å². The molecule has 1 atom stereocenters. The van der Waals surface area contributed by atoms with Crippen molar-refractivity contribution in [3.63, 3.8) is 0 Å². The zero-order valence-corrected chi connectivity index (χ0v) is 17.3. The molecule has 1 aromatic rings. The van der Waals surface area contributed by atoms with Gasteiger partial charge in [-0.15, -0.1) is 0 Å². The van der Waals surface area contributed by atoms with E-state index < -0.39 is 26.8 Å². The summed E-state index contributed by atoms with van der Waals surface area (Å²) >= 11 is 0. The molecule has 1 aliphatic heterocycles. The van der Waals surface area contributed by atoms with Gasteiger partial charge in [0.05, 0.1) is 6.04 Å². The number of carbonyl (C=O) groups is 2. The van der Waals surface area contributed by atoms with Crippen molar-refractivity contribution in [2.75, 3.05) is 26.2 Å². The summed E-state index contributed by atoms with van der Waals surface area (Å²) in [7, 11) is -4.15. The van der Waals surface area contributed by atoms with E-state index in [9.17, 15) is 22.4 Å². The van der Waals surface area contributed by atoms with Gasteiger partial charge in [-0.1, -0.05) is 12.1 Å². The highest BCUT2D eigenvalue weighted by atomic mass is 32.2. The van der Waals surface area contributed by atoms with Gasteiger partial charge < -0.3 is 9.80 Å². The number of sulfonamides is 1. The van der Waals surface area contributed by atoms with Gasteiger partial charge in [0.25, 0.3) is 0 Å². The molecule has 0 radical (unpaired) electrons. The highest BCUT2D eigenvalue weighted by Crippen LogP contribution is 2.21. The molecule has 9 heteroatoms. The second-order valence-electron chi connectivity index (χ2n) is 6.88. The van der Waals surface area contributed by atoms with Crippen LogP contribution in [-0.4, -0.2) is 62.3 Å². The molecule has 1 N–H and O–H groups in total. The van der Waals surface area contributed by atoms with E-state index in [1.165, 1.54) is 19.1 Å². The number of likely N-dealkylation sites (tertiary alicyclic amines) is 1. The number of rotatable bonds is 7. The quantitative estimate of drug-likeness (QED) is 0.736. The van der Waals surface area contributed by atoms with E-state index in [0.717, 1.165) is 12.1 Å². The summed E-state index contributed by atoms with van der Waals surface area (Å²) in [5.41, 5.74) is 0. The van der Waals surface area contributed by atoms with Crippen LogP contribution in [0, 0.1) is 11.7 Å². The van der Waals surface area contributed by atoms with Crippen LogP contribution in [0.3, 0.4) is 0 Å². The van der Waals surface area contributed by atoms with E-state index in [0.29, 0.717) is 39.0 Å². The first-order valence-corrected chi connectivity index (χ1v) is 11.0.